The van der Waals surface area contributed by atoms with Crippen molar-refractivity contribution < 1.29 is 8.42 Å². The van der Waals surface area contributed by atoms with Gasteiger partial charge in [0.1, 0.15) is 0 Å². The molecule has 0 bridgehead atoms. The van der Waals surface area contributed by atoms with Crippen LogP contribution in [0, 0.1) is 0 Å². The topological polar surface area (TPSA) is 79.6 Å². The average molecular weight is 313 g/mol. The fourth-order valence-electron chi connectivity index (χ4n) is 2.40. The molecule has 0 aromatic carbocycles. The molecular formula is C13H23N5O2S. The molecule has 2 heterocycles. The van der Waals surface area contributed by atoms with Crippen LogP contribution in [0.15, 0.2) is 17.4 Å². The molecule has 2 rings (SSSR count). The lowest BCUT2D eigenvalue weighted by atomic mass is 10.2. The summed E-state index contributed by atoms with van der Waals surface area (Å²) < 4.78 is 25.1. The maximum Gasteiger partial charge on any atom is 0.193 e. The summed E-state index contributed by atoms with van der Waals surface area (Å²) in [6, 6.07) is 0. The minimum Gasteiger partial charge on any atom is -0.352 e. The molecule has 0 atom stereocenters. The summed E-state index contributed by atoms with van der Waals surface area (Å²) in [4.78, 5) is 6.25. The SMILES string of the molecule is CN=C(NCc1cnn(C)c1)N1CCS(=O)(=O)C(C)(C)C1. The van der Waals surface area contributed by atoms with Gasteiger partial charge in [-0.25, -0.2) is 8.42 Å². The van der Waals surface area contributed by atoms with Gasteiger partial charge in [0.05, 0.1) is 16.7 Å². The van der Waals surface area contributed by atoms with E-state index in [0.717, 1.165) is 11.5 Å². The lowest BCUT2D eigenvalue weighted by Gasteiger charge is -2.39. The Hall–Kier alpha value is -1.57. The number of rotatable bonds is 2. The molecule has 1 aliphatic rings. The number of hydrogen-bond donors (Lipinski definition) is 1. The molecule has 118 valence electrons. The summed E-state index contributed by atoms with van der Waals surface area (Å²) in [7, 11) is 0.544. The van der Waals surface area contributed by atoms with E-state index in [1.54, 1.807) is 31.8 Å². The van der Waals surface area contributed by atoms with Gasteiger partial charge in [-0.15, -0.1) is 0 Å². The third-order valence-electron chi connectivity index (χ3n) is 3.76. The molecule has 8 heteroatoms. The summed E-state index contributed by atoms with van der Waals surface area (Å²) in [5.74, 6) is 0.884. The van der Waals surface area contributed by atoms with Gasteiger partial charge in [-0.05, 0) is 13.8 Å². The van der Waals surface area contributed by atoms with E-state index in [9.17, 15) is 8.42 Å². The third-order valence-corrected chi connectivity index (χ3v) is 6.30. The Morgan fingerprint density at radius 3 is 2.76 bits per heavy atom. The highest BCUT2D eigenvalue weighted by Crippen LogP contribution is 2.23. The molecule has 21 heavy (non-hydrogen) atoms. The molecule has 1 N–H and O–H groups in total. The Morgan fingerprint density at radius 2 is 2.24 bits per heavy atom. The van der Waals surface area contributed by atoms with Crippen LogP contribution in [0.3, 0.4) is 0 Å². The Bertz CT molecular complexity index is 633. The van der Waals surface area contributed by atoms with Crippen LogP contribution in [0.2, 0.25) is 0 Å². The summed E-state index contributed by atoms with van der Waals surface area (Å²) in [6.07, 6.45) is 3.73. The highest BCUT2D eigenvalue weighted by molar-refractivity contribution is 7.92. The third kappa shape index (κ3) is 3.37. The molecular weight excluding hydrogens is 290 g/mol. The van der Waals surface area contributed by atoms with E-state index in [4.69, 9.17) is 0 Å². The standard InChI is InChI=1S/C13H23N5O2S/c1-13(2)10-18(5-6-21(13,19)20)12(14-3)15-7-11-8-16-17(4)9-11/h8-9H,5-7,10H2,1-4H3,(H,14,15). The summed E-state index contributed by atoms with van der Waals surface area (Å²) in [6.45, 7) is 5.07. The van der Waals surface area contributed by atoms with Crippen molar-refractivity contribution in [3.05, 3.63) is 18.0 Å². The van der Waals surface area contributed by atoms with Gasteiger partial charge in [0, 0.05) is 45.5 Å². The fraction of sp³-hybridized carbons (Fsp3) is 0.692. The zero-order valence-corrected chi connectivity index (χ0v) is 13.8. The van der Waals surface area contributed by atoms with Crippen LogP contribution in [0.25, 0.3) is 0 Å². The van der Waals surface area contributed by atoms with E-state index in [1.807, 2.05) is 18.1 Å². The first kappa shape index (κ1) is 15.8. The number of sulfone groups is 1. The number of nitrogens with one attached hydrogen (secondary N) is 1. The zero-order valence-electron chi connectivity index (χ0n) is 13.0. The molecule has 0 saturated carbocycles. The fourth-order valence-corrected chi connectivity index (χ4v) is 3.77. The van der Waals surface area contributed by atoms with Gasteiger partial charge in [-0.3, -0.25) is 9.67 Å². The number of aryl methyl sites for hydroxylation is 1. The van der Waals surface area contributed by atoms with Crippen molar-refractivity contribution in [2.24, 2.45) is 12.0 Å². The molecule has 1 aliphatic heterocycles. The molecule has 1 fully saturated rings. The molecule has 1 aromatic rings. The van der Waals surface area contributed by atoms with Crippen LogP contribution < -0.4 is 5.32 Å². The van der Waals surface area contributed by atoms with Gasteiger partial charge in [-0.1, -0.05) is 0 Å². The highest BCUT2D eigenvalue weighted by Gasteiger charge is 2.40. The van der Waals surface area contributed by atoms with Gasteiger partial charge >= 0.3 is 0 Å². The second-order valence-electron chi connectivity index (χ2n) is 5.92. The minimum absolute atomic E-state index is 0.160. The molecule has 7 nitrogen and oxygen atoms in total. The summed E-state index contributed by atoms with van der Waals surface area (Å²) >= 11 is 0. The van der Waals surface area contributed by atoms with Gasteiger partial charge in [0.25, 0.3) is 0 Å². The van der Waals surface area contributed by atoms with Crippen LogP contribution >= 0.6 is 0 Å². The van der Waals surface area contributed by atoms with Crippen molar-refractivity contribution in [2.75, 3.05) is 25.9 Å². The van der Waals surface area contributed by atoms with E-state index in [2.05, 4.69) is 15.4 Å². The van der Waals surface area contributed by atoms with E-state index in [1.165, 1.54) is 0 Å². The molecule has 0 spiro atoms. The van der Waals surface area contributed by atoms with Crippen molar-refractivity contribution in [1.82, 2.24) is 20.0 Å². The molecule has 1 aromatic heterocycles. The van der Waals surface area contributed by atoms with Crippen LogP contribution in [0.1, 0.15) is 19.4 Å². The largest absolute Gasteiger partial charge is 0.352 e. The van der Waals surface area contributed by atoms with Crippen LogP contribution in [-0.4, -0.2) is 59.7 Å². The normalized spacial score (nSPS) is 21.3. The zero-order chi connectivity index (χ0) is 15.7. The first-order chi connectivity index (χ1) is 9.75. The average Bonchev–Trinajstić information content (AvgIpc) is 2.80. The summed E-state index contributed by atoms with van der Waals surface area (Å²) in [5.41, 5.74) is 1.06. The van der Waals surface area contributed by atoms with Crippen molar-refractivity contribution in [1.29, 1.82) is 0 Å². The first-order valence-corrected chi connectivity index (χ1v) is 8.56. The van der Waals surface area contributed by atoms with Crippen LogP contribution in [0.5, 0.6) is 0 Å². The van der Waals surface area contributed by atoms with Gasteiger partial charge in [0.2, 0.25) is 0 Å². The van der Waals surface area contributed by atoms with Gasteiger partial charge < -0.3 is 10.2 Å². The molecule has 0 aliphatic carbocycles. The highest BCUT2D eigenvalue weighted by atomic mass is 32.2. The van der Waals surface area contributed by atoms with Crippen molar-refractivity contribution in [2.45, 2.75) is 25.1 Å². The lowest BCUT2D eigenvalue weighted by molar-refractivity contribution is 0.353. The predicted molar refractivity (Wildman–Crippen MR) is 82.8 cm³/mol. The summed E-state index contributed by atoms with van der Waals surface area (Å²) in [5, 5.41) is 7.38. The number of guanidine groups is 1. The van der Waals surface area contributed by atoms with E-state index in [-0.39, 0.29) is 5.75 Å². The van der Waals surface area contributed by atoms with Gasteiger partial charge in [0.15, 0.2) is 15.8 Å². The lowest BCUT2D eigenvalue weighted by Crippen LogP contribution is -2.57. The molecule has 0 radical (unpaired) electrons. The Kier molecular flexibility index (Phi) is 4.27. The number of aliphatic imine (C=N–C) groups is 1. The van der Waals surface area contributed by atoms with E-state index >= 15 is 0 Å². The molecule has 0 unspecified atom stereocenters. The second kappa shape index (κ2) is 5.67. The van der Waals surface area contributed by atoms with Crippen LogP contribution in [-0.2, 0) is 23.4 Å². The Morgan fingerprint density at radius 1 is 1.52 bits per heavy atom. The number of aromatic nitrogens is 2. The Labute approximate surface area is 126 Å². The molecule has 1 saturated heterocycles. The quantitative estimate of drug-likeness (QED) is 0.614. The first-order valence-electron chi connectivity index (χ1n) is 6.90. The monoisotopic (exact) mass is 313 g/mol. The van der Waals surface area contributed by atoms with Crippen LogP contribution in [0.4, 0.5) is 0 Å². The van der Waals surface area contributed by atoms with Crippen molar-refractivity contribution >= 4 is 15.8 Å². The second-order valence-corrected chi connectivity index (χ2v) is 8.67. The smallest absolute Gasteiger partial charge is 0.193 e. The van der Waals surface area contributed by atoms with Crippen molar-refractivity contribution in [3.63, 3.8) is 0 Å². The molecule has 0 amide bonds. The van der Waals surface area contributed by atoms with Crippen molar-refractivity contribution in [3.8, 4) is 0 Å². The predicted octanol–water partition coefficient (Wildman–Crippen LogP) is 0.00450. The Balaban J connectivity index is 2.02. The van der Waals surface area contributed by atoms with E-state index < -0.39 is 14.6 Å². The van der Waals surface area contributed by atoms with Gasteiger partial charge in [-0.2, -0.15) is 5.10 Å². The number of hydrogen-bond acceptors (Lipinski definition) is 4. The van der Waals surface area contributed by atoms with E-state index in [0.29, 0.717) is 19.6 Å². The maximum absolute atomic E-state index is 12.0. The number of nitrogens with zero attached hydrogens (tertiary/aromatic N) is 4. The minimum atomic E-state index is -3.04. The maximum atomic E-state index is 12.0.